The van der Waals surface area contributed by atoms with Gasteiger partial charge in [0.1, 0.15) is 0 Å². The molecule has 1 aliphatic heterocycles. The third kappa shape index (κ3) is 5.21. The molecule has 1 heterocycles. The van der Waals surface area contributed by atoms with E-state index in [0.717, 1.165) is 40.5 Å². The lowest BCUT2D eigenvalue weighted by Crippen LogP contribution is -2.35. The fourth-order valence-electron chi connectivity index (χ4n) is 3.27. The number of halogens is 1. The van der Waals surface area contributed by atoms with Crippen LogP contribution in [0.4, 0.5) is 5.69 Å². The smallest absolute Gasteiger partial charge is 0.243 e. The highest BCUT2D eigenvalue weighted by Gasteiger charge is 2.25. The molecule has 150 valence electrons. The summed E-state index contributed by atoms with van der Waals surface area (Å²) in [5, 5.41) is 2.90. The number of benzene rings is 2. The number of carbonyl (C=O) groups excluding carboxylic acids is 1. The molecule has 0 radical (unpaired) electrons. The maximum Gasteiger partial charge on any atom is 0.243 e. The van der Waals surface area contributed by atoms with E-state index in [2.05, 4.69) is 21.2 Å². The van der Waals surface area contributed by atoms with E-state index < -0.39 is 10.0 Å². The number of carbonyl (C=O) groups is 1. The Kier molecular flexibility index (Phi) is 6.91. The number of piperidine rings is 1. The zero-order chi connectivity index (χ0) is 20.1. The van der Waals surface area contributed by atoms with E-state index in [-0.39, 0.29) is 5.91 Å². The first-order chi connectivity index (χ1) is 13.4. The fourth-order valence-corrected chi connectivity index (χ4v) is 5.38. The van der Waals surface area contributed by atoms with Crippen LogP contribution in [0.5, 0.6) is 0 Å². The first kappa shape index (κ1) is 21.0. The van der Waals surface area contributed by atoms with Crippen molar-refractivity contribution in [2.45, 2.75) is 43.9 Å². The van der Waals surface area contributed by atoms with Gasteiger partial charge in [0.2, 0.25) is 15.9 Å². The molecule has 1 saturated heterocycles. The van der Waals surface area contributed by atoms with Gasteiger partial charge in [-0.2, -0.15) is 4.31 Å². The van der Waals surface area contributed by atoms with Crippen molar-refractivity contribution in [3.8, 4) is 0 Å². The molecule has 5 nitrogen and oxygen atoms in total. The Labute approximate surface area is 175 Å². The van der Waals surface area contributed by atoms with E-state index in [1.165, 1.54) is 0 Å². The van der Waals surface area contributed by atoms with Gasteiger partial charge in [-0.25, -0.2) is 8.42 Å². The molecule has 0 aromatic heterocycles. The van der Waals surface area contributed by atoms with Crippen LogP contribution in [-0.4, -0.2) is 31.7 Å². The van der Waals surface area contributed by atoms with Crippen molar-refractivity contribution in [3.63, 3.8) is 0 Å². The topological polar surface area (TPSA) is 66.5 Å². The summed E-state index contributed by atoms with van der Waals surface area (Å²) in [6.45, 7) is 3.18. The minimum atomic E-state index is -3.41. The predicted molar refractivity (Wildman–Crippen MR) is 115 cm³/mol. The van der Waals surface area contributed by atoms with Crippen LogP contribution in [0.2, 0.25) is 0 Å². The molecule has 7 heteroatoms. The first-order valence-corrected chi connectivity index (χ1v) is 11.7. The van der Waals surface area contributed by atoms with E-state index in [9.17, 15) is 13.2 Å². The minimum Gasteiger partial charge on any atom is -0.325 e. The second-order valence-corrected chi connectivity index (χ2v) is 9.93. The van der Waals surface area contributed by atoms with Gasteiger partial charge in [0.25, 0.3) is 0 Å². The standard InChI is InChI=1S/C21H25BrN2O3S/c1-16-5-11-20(19(22)15-16)23-21(25)12-8-17-6-9-18(10-7-17)28(26,27)24-13-3-2-4-14-24/h5-7,9-11,15H,2-4,8,12-14H2,1H3,(H,23,25). The second-order valence-electron chi connectivity index (χ2n) is 7.14. The van der Waals surface area contributed by atoms with Crippen molar-refractivity contribution >= 4 is 37.5 Å². The molecule has 1 amide bonds. The molecule has 0 unspecified atom stereocenters. The van der Waals surface area contributed by atoms with Gasteiger partial charge < -0.3 is 5.32 Å². The molecule has 0 atom stereocenters. The van der Waals surface area contributed by atoms with Crippen molar-refractivity contribution < 1.29 is 13.2 Å². The Bertz CT molecular complexity index is 937. The Morgan fingerprint density at radius 1 is 1.07 bits per heavy atom. The SMILES string of the molecule is Cc1ccc(NC(=O)CCc2ccc(S(=O)(=O)N3CCCCC3)cc2)c(Br)c1. The summed E-state index contributed by atoms with van der Waals surface area (Å²) in [5.74, 6) is -0.0745. The highest BCUT2D eigenvalue weighted by molar-refractivity contribution is 9.10. The molecule has 1 aliphatic rings. The quantitative estimate of drug-likeness (QED) is 0.683. The van der Waals surface area contributed by atoms with Crippen molar-refractivity contribution in [1.82, 2.24) is 4.31 Å². The minimum absolute atomic E-state index is 0.0745. The number of sulfonamides is 1. The number of amides is 1. The first-order valence-electron chi connectivity index (χ1n) is 9.51. The van der Waals surface area contributed by atoms with Gasteiger partial charge in [0.05, 0.1) is 10.6 Å². The third-order valence-corrected chi connectivity index (χ3v) is 7.48. The maximum absolute atomic E-state index is 12.7. The summed E-state index contributed by atoms with van der Waals surface area (Å²) in [5.41, 5.74) is 2.80. The summed E-state index contributed by atoms with van der Waals surface area (Å²) in [7, 11) is -3.41. The molecule has 0 aliphatic carbocycles. The van der Waals surface area contributed by atoms with Crippen LogP contribution in [0.3, 0.4) is 0 Å². The summed E-state index contributed by atoms with van der Waals surface area (Å²) < 4.78 is 27.8. The molecule has 2 aromatic rings. The van der Waals surface area contributed by atoms with Crippen molar-refractivity contribution in [3.05, 3.63) is 58.1 Å². The molecule has 2 aromatic carbocycles. The summed E-state index contributed by atoms with van der Waals surface area (Å²) >= 11 is 3.46. The molecule has 0 spiro atoms. The van der Waals surface area contributed by atoms with Crippen molar-refractivity contribution in [2.24, 2.45) is 0 Å². The van der Waals surface area contributed by atoms with Crippen LogP contribution in [-0.2, 0) is 21.2 Å². The highest BCUT2D eigenvalue weighted by atomic mass is 79.9. The molecule has 0 saturated carbocycles. The Morgan fingerprint density at radius 3 is 2.39 bits per heavy atom. The van der Waals surface area contributed by atoms with Crippen LogP contribution in [0, 0.1) is 6.92 Å². The van der Waals surface area contributed by atoms with Gasteiger partial charge in [0.15, 0.2) is 0 Å². The van der Waals surface area contributed by atoms with E-state index in [1.54, 1.807) is 28.6 Å². The monoisotopic (exact) mass is 464 g/mol. The van der Waals surface area contributed by atoms with Crippen LogP contribution in [0.25, 0.3) is 0 Å². The van der Waals surface area contributed by atoms with Crippen LogP contribution < -0.4 is 5.32 Å². The lowest BCUT2D eigenvalue weighted by Gasteiger charge is -2.25. The predicted octanol–water partition coefficient (Wildman–Crippen LogP) is 4.50. The van der Waals surface area contributed by atoms with E-state index in [4.69, 9.17) is 0 Å². The molecule has 0 bridgehead atoms. The average Bonchev–Trinajstić information content (AvgIpc) is 2.69. The molecular formula is C21H25BrN2O3S. The molecular weight excluding hydrogens is 440 g/mol. The normalized spacial score (nSPS) is 15.4. The van der Waals surface area contributed by atoms with Crippen molar-refractivity contribution in [2.75, 3.05) is 18.4 Å². The largest absolute Gasteiger partial charge is 0.325 e. The van der Waals surface area contributed by atoms with E-state index in [0.29, 0.717) is 30.8 Å². The molecule has 1 N–H and O–H groups in total. The summed E-state index contributed by atoms with van der Waals surface area (Å²) in [4.78, 5) is 12.5. The van der Waals surface area contributed by atoms with Crippen molar-refractivity contribution in [1.29, 1.82) is 0 Å². The number of anilines is 1. The van der Waals surface area contributed by atoms with Gasteiger partial charge in [-0.1, -0.05) is 24.6 Å². The lowest BCUT2D eigenvalue weighted by atomic mass is 10.1. The van der Waals surface area contributed by atoms with Crippen LogP contribution >= 0.6 is 15.9 Å². The zero-order valence-electron chi connectivity index (χ0n) is 15.9. The number of aryl methyl sites for hydroxylation is 2. The number of nitrogens with one attached hydrogen (secondary N) is 1. The number of hydrogen-bond acceptors (Lipinski definition) is 3. The fraction of sp³-hybridized carbons (Fsp3) is 0.381. The summed E-state index contributed by atoms with van der Waals surface area (Å²) in [6.07, 6.45) is 3.82. The maximum atomic E-state index is 12.7. The average molecular weight is 465 g/mol. The van der Waals surface area contributed by atoms with Gasteiger partial charge in [-0.3, -0.25) is 4.79 Å². The number of nitrogens with zero attached hydrogens (tertiary/aromatic N) is 1. The van der Waals surface area contributed by atoms with Crippen LogP contribution in [0.1, 0.15) is 36.8 Å². The Hall–Kier alpha value is -1.70. The Balaban J connectivity index is 1.57. The zero-order valence-corrected chi connectivity index (χ0v) is 18.4. The van der Waals surface area contributed by atoms with Gasteiger partial charge >= 0.3 is 0 Å². The van der Waals surface area contributed by atoms with Gasteiger partial charge in [-0.15, -0.1) is 0 Å². The molecule has 1 fully saturated rings. The van der Waals surface area contributed by atoms with Gasteiger partial charge in [0, 0.05) is 24.0 Å². The second kappa shape index (κ2) is 9.20. The highest BCUT2D eigenvalue weighted by Crippen LogP contribution is 2.24. The van der Waals surface area contributed by atoms with E-state index >= 15 is 0 Å². The number of rotatable bonds is 6. The van der Waals surface area contributed by atoms with E-state index in [1.807, 2.05) is 25.1 Å². The number of hydrogen-bond donors (Lipinski definition) is 1. The van der Waals surface area contributed by atoms with Gasteiger partial charge in [-0.05, 0) is 77.5 Å². The Morgan fingerprint density at radius 2 is 1.75 bits per heavy atom. The lowest BCUT2D eigenvalue weighted by molar-refractivity contribution is -0.116. The van der Waals surface area contributed by atoms with Crippen LogP contribution in [0.15, 0.2) is 51.8 Å². The third-order valence-electron chi connectivity index (χ3n) is 4.92. The molecule has 28 heavy (non-hydrogen) atoms. The summed E-state index contributed by atoms with van der Waals surface area (Å²) in [6, 6.07) is 12.7. The molecule has 3 rings (SSSR count).